The lowest BCUT2D eigenvalue weighted by molar-refractivity contribution is -0.113. The molecule has 6 nitrogen and oxygen atoms in total. The van der Waals surface area contributed by atoms with Crippen molar-refractivity contribution in [3.63, 3.8) is 0 Å². The van der Waals surface area contributed by atoms with Gasteiger partial charge in [-0.15, -0.1) is 11.8 Å². The number of fused-ring (bicyclic) bond motifs is 1. The number of rotatable bonds is 3. The Bertz CT molecular complexity index is 1030. The summed E-state index contributed by atoms with van der Waals surface area (Å²) in [5.41, 5.74) is 2.01. The van der Waals surface area contributed by atoms with E-state index in [0.717, 1.165) is 11.1 Å². The molecule has 136 valence electrons. The molecule has 0 fully saturated rings. The van der Waals surface area contributed by atoms with Crippen LogP contribution in [0.2, 0.25) is 0 Å². The summed E-state index contributed by atoms with van der Waals surface area (Å²) >= 11 is 1.41. The smallest absolute Gasteiger partial charge is 0.335 e. The van der Waals surface area contributed by atoms with Crippen LogP contribution in [-0.4, -0.2) is 32.5 Å². The molecule has 27 heavy (non-hydrogen) atoms. The second-order valence-electron chi connectivity index (χ2n) is 5.98. The van der Waals surface area contributed by atoms with Gasteiger partial charge in [0, 0.05) is 5.56 Å². The molecule has 4 rings (SSSR count). The highest BCUT2D eigenvalue weighted by Crippen LogP contribution is 2.42. The third-order valence-corrected chi connectivity index (χ3v) is 5.55. The normalized spacial score (nSPS) is 16.3. The van der Waals surface area contributed by atoms with Crippen molar-refractivity contribution in [1.82, 2.24) is 9.78 Å². The quantitative estimate of drug-likeness (QED) is 0.723. The van der Waals surface area contributed by atoms with Gasteiger partial charge in [-0.3, -0.25) is 4.79 Å². The zero-order valence-electron chi connectivity index (χ0n) is 13.9. The fourth-order valence-corrected chi connectivity index (χ4v) is 4.07. The third kappa shape index (κ3) is 3.19. The fraction of sp³-hybridized carbons (Fsp3) is 0.105. The number of benzene rings is 2. The Hall–Kier alpha value is -3.13. The van der Waals surface area contributed by atoms with Crippen molar-refractivity contribution in [2.75, 3.05) is 11.1 Å². The minimum absolute atomic E-state index is 0.189. The van der Waals surface area contributed by atoms with Crippen LogP contribution < -0.4 is 5.32 Å². The first-order valence-corrected chi connectivity index (χ1v) is 9.17. The molecule has 0 unspecified atom stereocenters. The summed E-state index contributed by atoms with van der Waals surface area (Å²) in [7, 11) is 0. The van der Waals surface area contributed by atoms with Crippen LogP contribution in [0.1, 0.15) is 26.7 Å². The molecule has 2 aromatic carbocycles. The van der Waals surface area contributed by atoms with Crippen molar-refractivity contribution in [3.05, 3.63) is 77.2 Å². The molecule has 2 heterocycles. The number of aromatic carboxylic acids is 1. The van der Waals surface area contributed by atoms with E-state index < -0.39 is 11.8 Å². The fourth-order valence-electron chi connectivity index (χ4n) is 2.98. The molecule has 0 saturated carbocycles. The van der Waals surface area contributed by atoms with Crippen molar-refractivity contribution in [2.45, 2.75) is 5.25 Å². The molecule has 2 N–H and O–H groups in total. The molecule has 0 spiro atoms. The van der Waals surface area contributed by atoms with Gasteiger partial charge in [0.2, 0.25) is 5.91 Å². The van der Waals surface area contributed by atoms with Gasteiger partial charge in [0.05, 0.1) is 22.8 Å². The molecule has 8 heteroatoms. The lowest BCUT2D eigenvalue weighted by Gasteiger charge is -2.14. The van der Waals surface area contributed by atoms with Gasteiger partial charge < -0.3 is 10.4 Å². The summed E-state index contributed by atoms with van der Waals surface area (Å²) in [6.45, 7) is 0. The Morgan fingerprint density at radius 1 is 1.22 bits per heavy atom. The first-order chi connectivity index (χ1) is 13.0. The predicted octanol–water partition coefficient (Wildman–Crippen LogP) is 3.48. The van der Waals surface area contributed by atoms with Crippen molar-refractivity contribution in [1.29, 1.82) is 0 Å². The van der Waals surface area contributed by atoms with Gasteiger partial charge in [-0.25, -0.2) is 13.9 Å². The zero-order valence-corrected chi connectivity index (χ0v) is 14.7. The van der Waals surface area contributed by atoms with Gasteiger partial charge in [-0.1, -0.05) is 24.3 Å². The van der Waals surface area contributed by atoms with Crippen molar-refractivity contribution >= 4 is 29.5 Å². The highest BCUT2D eigenvalue weighted by atomic mass is 32.2. The standard InChI is InChI=1S/C19H14FN3O3S/c20-14-3-1-2-4-15(14)23-18-13(9-21-23)17(27-10-16(24)22-18)11-5-7-12(8-6-11)19(25)26/h1-9,17H,10H2,(H,22,24)(H,25,26)/t17-/m1/s1. The van der Waals surface area contributed by atoms with Gasteiger partial charge in [-0.2, -0.15) is 5.10 Å². The minimum atomic E-state index is -1.00. The maximum Gasteiger partial charge on any atom is 0.335 e. The van der Waals surface area contributed by atoms with Gasteiger partial charge in [0.1, 0.15) is 17.3 Å². The van der Waals surface area contributed by atoms with E-state index in [2.05, 4.69) is 10.4 Å². The number of hydrogen-bond donors (Lipinski definition) is 2. The van der Waals surface area contributed by atoms with Crippen LogP contribution in [0.3, 0.4) is 0 Å². The van der Waals surface area contributed by atoms with E-state index in [1.165, 1.54) is 34.6 Å². The summed E-state index contributed by atoms with van der Waals surface area (Å²) in [6, 6.07) is 12.7. The number of carboxylic acids is 1. The van der Waals surface area contributed by atoms with Gasteiger partial charge >= 0.3 is 5.97 Å². The van der Waals surface area contributed by atoms with Crippen molar-refractivity contribution < 1.29 is 19.1 Å². The predicted molar refractivity (Wildman–Crippen MR) is 99.9 cm³/mol. The molecule has 1 aliphatic rings. The number of nitrogens with one attached hydrogen (secondary N) is 1. The number of halogens is 1. The van der Waals surface area contributed by atoms with E-state index in [9.17, 15) is 14.0 Å². The SMILES string of the molecule is O=C1CS[C@H](c2ccc(C(=O)O)cc2)c2cnn(-c3ccccc3F)c2N1. The monoisotopic (exact) mass is 383 g/mol. The Morgan fingerprint density at radius 3 is 2.67 bits per heavy atom. The van der Waals surface area contributed by atoms with Gasteiger partial charge in [-0.05, 0) is 29.8 Å². The van der Waals surface area contributed by atoms with Crippen LogP contribution in [0.5, 0.6) is 0 Å². The number of nitrogens with zero attached hydrogens (tertiary/aromatic N) is 2. The molecule has 0 radical (unpaired) electrons. The number of carbonyl (C=O) groups excluding carboxylic acids is 1. The van der Waals surface area contributed by atoms with E-state index in [-0.39, 0.29) is 28.2 Å². The van der Waals surface area contributed by atoms with E-state index in [4.69, 9.17) is 5.11 Å². The molecule has 0 saturated heterocycles. The molecule has 1 aromatic heterocycles. The van der Waals surface area contributed by atoms with E-state index in [1.807, 2.05) is 0 Å². The Labute approximate surface area is 158 Å². The number of hydrogen-bond acceptors (Lipinski definition) is 4. The number of para-hydroxylation sites is 1. The summed E-state index contributed by atoms with van der Waals surface area (Å²) in [4.78, 5) is 23.3. The first-order valence-electron chi connectivity index (χ1n) is 8.12. The minimum Gasteiger partial charge on any atom is -0.478 e. The number of aromatic nitrogens is 2. The van der Waals surface area contributed by atoms with Crippen LogP contribution in [-0.2, 0) is 4.79 Å². The maximum atomic E-state index is 14.2. The molecule has 3 aromatic rings. The molecular weight excluding hydrogens is 369 g/mol. The second-order valence-corrected chi connectivity index (χ2v) is 7.07. The zero-order chi connectivity index (χ0) is 19.0. The highest BCUT2D eigenvalue weighted by Gasteiger charge is 2.28. The van der Waals surface area contributed by atoms with Crippen LogP contribution in [0.25, 0.3) is 5.69 Å². The summed E-state index contributed by atoms with van der Waals surface area (Å²) < 4.78 is 15.6. The van der Waals surface area contributed by atoms with Crippen LogP contribution >= 0.6 is 11.8 Å². The largest absolute Gasteiger partial charge is 0.478 e. The number of anilines is 1. The third-order valence-electron chi connectivity index (χ3n) is 4.26. The summed E-state index contributed by atoms with van der Waals surface area (Å²) in [6.07, 6.45) is 1.61. The van der Waals surface area contributed by atoms with E-state index in [0.29, 0.717) is 5.82 Å². The van der Waals surface area contributed by atoms with Crippen LogP contribution in [0, 0.1) is 5.82 Å². The van der Waals surface area contributed by atoms with Crippen LogP contribution in [0.4, 0.5) is 10.2 Å². The van der Waals surface area contributed by atoms with Crippen molar-refractivity contribution in [2.24, 2.45) is 0 Å². The van der Waals surface area contributed by atoms with E-state index in [1.54, 1.807) is 36.5 Å². The number of amides is 1. The topological polar surface area (TPSA) is 84.2 Å². The highest BCUT2D eigenvalue weighted by molar-refractivity contribution is 8.00. The second kappa shape index (κ2) is 6.88. The first kappa shape index (κ1) is 17.3. The van der Waals surface area contributed by atoms with E-state index >= 15 is 0 Å². The van der Waals surface area contributed by atoms with Gasteiger partial charge in [0.25, 0.3) is 0 Å². The summed E-state index contributed by atoms with van der Waals surface area (Å²) in [5.74, 6) is -1.01. The lowest BCUT2D eigenvalue weighted by atomic mass is 10.0. The Kier molecular flexibility index (Phi) is 4.41. The number of carbonyl (C=O) groups is 2. The van der Waals surface area contributed by atoms with Crippen molar-refractivity contribution in [3.8, 4) is 5.69 Å². The molecule has 1 amide bonds. The summed E-state index contributed by atoms with van der Waals surface area (Å²) in [5, 5.41) is 15.9. The number of carboxylic acid groups (broad SMARTS) is 1. The molecule has 0 aliphatic carbocycles. The lowest BCUT2D eigenvalue weighted by Crippen LogP contribution is -2.16. The molecule has 1 atom stereocenters. The molecule has 0 bridgehead atoms. The maximum absolute atomic E-state index is 14.2. The van der Waals surface area contributed by atoms with Gasteiger partial charge in [0.15, 0.2) is 0 Å². The average Bonchev–Trinajstić information content (AvgIpc) is 2.98. The van der Waals surface area contributed by atoms with Crippen LogP contribution in [0.15, 0.2) is 54.7 Å². The molecular formula is C19H14FN3O3S. The Balaban J connectivity index is 1.80. The molecule has 1 aliphatic heterocycles. The number of thioether (sulfide) groups is 1. The Morgan fingerprint density at radius 2 is 1.96 bits per heavy atom. The average molecular weight is 383 g/mol.